The SMILES string of the molecule is CC(N)CNC(=O)c1ccc2c(c1)N=C(c1ccc(O)s1)c1ccccc1S2. The van der Waals surface area contributed by atoms with E-state index in [4.69, 9.17) is 10.7 Å². The number of nitrogens with two attached hydrogens (primary N) is 1. The number of carbonyl (C=O) groups excluding carboxylic acids is 1. The van der Waals surface area contributed by atoms with Gasteiger partial charge in [0.2, 0.25) is 0 Å². The Morgan fingerprint density at radius 3 is 2.75 bits per heavy atom. The van der Waals surface area contributed by atoms with Crippen LogP contribution in [0.5, 0.6) is 5.06 Å². The quantitative estimate of drug-likeness (QED) is 0.472. The summed E-state index contributed by atoms with van der Waals surface area (Å²) in [6.45, 7) is 2.26. The van der Waals surface area contributed by atoms with Gasteiger partial charge in [-0.15, -0.1) is 0 Å². The lowest BCUT2D eigenvalue weighted by Gasteiger charge is -2.09. The summed E-state index contributed by atoms with van der Waals surface area (Å²) < 4.78 is 0. The molecule has 0 bridgehead atoms. The van der Waals surface area contributed by atoms with Gasteiger partial charge in [0.25, 0.3) is 5.91 Å². The van der Waals surface area contributed by atoms with Crippen LogP contribution in [0.4, 0.5) is 5.69 Å². The molecule has 2 heterocycles. The number of carbonyl (C=O) groups is 1. The number of aromatic hydroxyl groups is 1. The van der Waals surface area contributed by atoms with Gasteiger partial charge >= 0.3 is 0 Å². The summed E-state index contributed by atoms with van der Waals surface area (Å²) in [7, 11) is 0. The van der Waals surface area contributed by atoms with Crippen molar-refractivity contribution in [3.63, 3.8) is 0 Å². The first-order valence-electron chi connectivity index (χ1n) is 8.84. The Kier molecular flexibility index (Phi) is 5.21. The second-order valence-corrected chi connectivity index (χ2v) is 8.71. The average Bonchev–Trinajstić information content (AvgIpc) is 3.04. The molecule has 1 atom stereocenters. The fraction of sp³-hybridized carbons (Fsp3) is 0.143. The first-order chi connectivity index (χ1) is 13.5. The maximum absolute atomic E-state index is 12.4. The summed E-state index contributed by atoms with van der Waals surface area (Å²) in [4.78, 5) is 20.3. The van der Waals surface area contributed by atoms with E-state index in [1.807, 2.05) is 43.3 Å². The number of nitrogens with zero attached hydrogens (tertiary/aromatic N) is 1. The van der Waals surface area contributed by atoms with Crippen molar-refractivity contribution in [1.82, 2.24) is 5.32 Å². The van der Waals surface area contributed by atoms with E-state index in [9.17, 15) is 9.90 Å². The van der Waals surface area contributed by atoms with Crippen molar-refractivity contribution in [1.29, 1.82) is 0 Å². The molecule has 1 unspecified atom stereocenters. The number of rotatable bonds is 4. The maximum atomic E-state index is 12.4. The molecular weight excluding hydrogens is 390 g/mol. The molecule has 0 fully saturated rings. The van der Waals surface area contributed by atoms with E-state index in [1.54, 1.807) is 23.9 Å². The van der Waals surface area contributed by atoms with Crippen molar-refractivity contribution >= 4 is 40.4 Å². The van der Waals surface area contributed by atoms with Crippen LogP contribution in [-0.2, 0) is 0 Å². The zero-order valence-corrected chi connectivity index (χ0v) is 16.8. The predicted octanol–water partition coefficient (Wildman–Crippen LogP) is 4.16. The van der Waals surface area contributed by atoms with Gasteiger partial charge in [-0.05, 0) is 43.3 Å². The lowest BCUT2D eigenvalue weighted by Crippen LogP contribution is -2.35. The summed E-state index contributed by atoms with van der Waals surface area (Å²) >= 11 is 2.91. The van der Waals surface area contributed by atoms with Crippen LogP contribution in [0.2, 0.25) is 0 Å². The third kappa shape index (κ3) is 3.82. The van der Waals surface area contributed by atoms with E-state index < -0.39 is 0 Å². The minimum atomic E-state index is -0.169. The monoisotopic (exact) mass is 409 g/mol. The van der Waals surface area contributed by atoms with E-state index in [-0.39, 0.29) is 17.0 Å². The van der Waals surface area contributed by atoms with Gasteiger partial charge in [-0.1, -0.05) is 41.3 Å². The zero-order valence-electron chi connectivity index (χ0n) is 15.2. The van der Waals surface area contributed by atoms with Crippen LogP contribution < -0.4 is 11.1 Å². The molecule has 0 aliphatic carbocycles. The second kappa shape index (κ2) is 7.79. The lowest BCUT2D eigenvalue weighted by atomic mass is 10.1. The molecular formula is C21H19N3O2S2. The Morgan fingerprint density at radius 1 is 1.18 bits per heavy atom. The van der Waals surface area contributed by atoms with Crippen molar-refractivity contribution < 1.29 is 9.90 Å². The van der Waals surface area contributed by atoms with Crippen molar-refractivity contribution in [2.45, 2.75) is 22.8 Å². The maximum Gasteiger partial charge on any atom is 0.251 e. The molecule has 0 radical (unpaired) electrons. The van der Waals surface area contributed by atoms with Crippen molar-refractivity contribution in [3.05, 3.63) is 70.6 Å². The third-order valence-corrected chi connectivity index (χ3v) is 6.26. The summed E-state index contributed by atoms with van der Waals surface area (Å²) in [6, 6.07) is 17.0. The highest BCUT2D eigenvalue weighted by Crippen LogP contribution is 2.42. The third-order valence-electron chi connectivity index (χ3n) is 4.23. The fourth-order valence-corrected chi connectivity index (χ4v) is 4.63. The van der Waals surface area contributed by atoms with Crippen LogP contribution >= 0.6 is 23.1 Å². The molecule has 1 aromatic heterocycles. The molecule has 1 aliphatic heterocycles. The zero-order chi connectivity index (χ0) is 19.7. The minimum absolute atomic E-state index is 0.106. The van der Waals surface area contributed by atoms with E-state index in [2.05, 4.69) is 11.4 Å². The molecule has 7 heteroatoms. The van der Waals surface area contributed by atoms with E-state index >= 15 is 0 Å². The van der Waals surface area contributed by atoms with Gasteiger partial charge in [0.1, 0.15) is 0 Å². The Morgan fingerprint density at radius 2 is 2.00 bits per heavy atom. The van der Waals surface area contributed by atoms with E-state index in [0.29, 0.717) is 12.1 Å². The number of fused-ring (bicyclic) bond motifs is 2. The highest BCUT2D eigenvalue weighted by molar-refractivity contribution is 7.99. The molecule has 28 heavy (non-hydrogen) atoms. The highest BCUT2D eigenvalue weighted by Gasteiger charge is 2.21. The average molecular weight is 410 g/mol. The van der Waals surface area contributed by atoms with Crippen LogP contribution in [0.1, 0.15) is 27.7 Å². The summed E-state index contributed by atoms with van der Waals surface area (Å²) in [5.74, 6) is -0.169. The van der Waals surface area contributed by atoms with E-state index in [0.717, 1.165) is 31.6 Å². The number of aliphatic imine (C=N–C) groups is 1. The lowest BCUT2D eigenvalue weighted by molar-refractivity contribution is 0.0951. The first kappa shape index (κ1) is 18.7. The number of hydrogen-bond donors (Lipinski definition) is 3. The number of thiophene rings is 1. The Hall–Kier alpha value is -2.61. The smallest absolute Gasteiger partial charge is 0.251 e. The van der Waals surface area contributed by atoms with Crippen LogP contribution in [-0.4, -0.2) is 29.3 Å². The van der Waals surface area contributed by atoms with Gasteiger partial charge in [0.15, 0.2) is 5.06 Å². The van der Waals surface area contributed by atoms with Gasteiger partial charge in [-0.2, -0.15) is 0 Å². The van der Waals surface area contributed by atoms with E-state index in [1.165, 1.54) is 11.3 Å². The van der Waals surface area contributed by atoms with Crippen molar-refractivity contribution in [2.24, 2.45) is 10.7 Å². The molecule has 1 aliphatic rings. The Labute approximate surface area is 171 Å². The molecule has 4 rings (SSSR count). The number of nitrogens with one attached hydrogen (secondary N) is 1. The van der Waals surface area contributed by atoms with Gasteiger partial charge in [0.05, 0.1) is 16.3 Å². The molecule has 2 aromatic carbocycles. The summed E-state index contributed by atoms with van der Waals surface area (Å²) in [5, 5.41) is 12.9. The van der Waals surface area contributed by atoms with Crippen LogP contribution in [0, 0.1) is 0 Å². The van der Waals surface area contributed by atoms with Crippen LogP contribution in [0.25, 0.3) is 0 Å². The normalized spacial score (nSPS) is 13.7. The fourth-order valence-electron chi connectivity index (χ4n) is 2.88. The van der Waals surface area contributed by atoms with Crippen LogP contribution in [0.3, 0.4) is 0 Å². The summed E-state index contributed by atoms with van der Waals surface area (Å²) in [5.41, 5.74) is 8.80. The first-order valence-corrected chi connectivity index (χ1v) is 10.5. The summed E-state index contributed by atoms with van der Waals surface area (Å²) in [6.07, 6.45) is 0. The molecule has 4 N–H and O–H groups in total. The number of hydrogen-bond acceptors (Lipinski definition) is 6. The molecule has 0 saturated heterocycles. The highest BCUT2D eigenvalue weighted by atomic mass is 32.2. The standard InChI is InChI=1S/C21H19N3O2S2/c1-12(22)11-23-21(26)13-6-7-17-15(10-13)24-20(18-8-9-19(25)28-18)14-4-2-3-5-16(14)27-17/h2-10,12,25H,11,22H2,1H3,(H,23,26). The topological polar surface area (TPSA) is 87.7 Å². The van der Waals surface area contributed by atoms with Gasteiger partial charge in [-0.3, -0.25) is 4.79 Å². The second-order valence-electron chi connectivity index (χ2n) is 6.57. The Bertz CT molecular complexity index is 1070. The largest absolute Gasteiger partial charge is 0.499 e. The Balaban J connectivity index is 1.79. The van der Waals surface area contributed by atoms with Crippen LogP contribution in [0.15, 0.2) is 69.4 Å². The number of benzene rings is 2. The van der Waals surface area contributed by atoms with Gasteiger partial charge in [-0.25, -0.2) is 4.99 Å². The molecule has 142 valence electrons. The number of amides is 1. The minimum Gasteiger partial charge on any atom is -0.499 e. The molecule has 0 spiro atoms. The van der Waals surface area contributed by atoms with Gasteiger partial charge in [0, 0.05) is 33.5 Å². The molecule has 5 nitrogen and oxygen atoms in total. The van der Waals surface area contributed by atoms with Crippen molar-refractivity contribution in [3.8, 4) is 5.06 Å². The predicted molar refractivity (Wildman–Crippen MR) is 114 cm³/mol. The molecule has 0 saturated carbocycles. The van der Waals surface area contributed by atoms with Gasteiger partial charge < -0.3 is 16.2 Å². The molecule has 1 amide bonds. The molecule has 3 aromatic rings. The van der Waals surface area contributed by atoms with Crippen molar-refractivity contribution in [2.75, 3.05) is 6.54 Å².